The van der Waals surface area contributed by atoms with Crippen LogP contribution in [0.5, 0.6) is 0 Å². The number of benzene rings is 1. The SMILES string of the molecule is C=C(C)CN1C(=O)CCC1C(=O)NCc1ccc(F)cc1Cl. The van der Waals surface area contributed by atoms with Crippen LogP contribution < -0.4 is 5.32 Å². The first-order valence-corrected chi connectivity index (χ1v) is 7.41. The van der Waals surface area contributed by atoms with Gasteiger partial charge in [-0.25, -0.2) is 4.39 Å². The molecule has 2 rings (SSSR count). The van der Waals surface area contributed by atoms with E-state index in [-0.39, 0.29) is 23.4 Å². The van der Waals surface area contributed by atoms with Gasteiger partial charge in [0.2, 0.25) is 11.8 Å². The van der Waals surface area contributed by atoms with Crippen LogP contribution >= 0.6 is 11.6 Å². The Kier molecular flexibility index (Phi) is 5.19. The molecule has 0 aromatic heterocycles. The summed E-state index contributed by atoms with van der Waals surface area (Å²) >= 11 is 5.93. The number of carbonyl (C=O) groups is 2. The summed E-state index contributed by atoms with van der Waals surface area (Å²) in [6.07, 6.45) is 0.859. The Balaban J connectivity index is 1.99. The standard InChI is InChI=1S/C16H18ClFN2O2/c1-10(2)9-20-14(5-6-15(20)21)16(22)19-8-11-3-4-12(18)7-13(11)17/h3-4,7,14H,1,5-6,8-9H2,2H3,(H,19,22). The van der Waals surface area contributed by atoms with Gasteiger partial charge in [-0.3, -0.25) is 9.59 Å². The minimum absolute atomic E-state index is 0.0389. The van der Waals surface area contributed by atoms with E-state index in [9.17, 15) is 14.0 Å². The Morgan fingerprint density at radius 2 is 2.27 bits per heavy atom. The van der Waals surface area contributed by atoms with E-state index >= 15 is 0 Å². The van der Waals surface area contributed by atoms with Gasteiger partial charge >= 0.3 is 0 Å². The summed E-state index contributed by atoms with van der Waals surface area (Å²) in [5.74, 6) is -0.690. The Bertz CT molecular complexity index is 618. The largest absolute Gasteiger partial charge is 0.350 e. The van der Waals surface area contributed by atoms with Crippen LogP contribution in [0.15, 0.2) is 30.4 Å². The molecule has 1 fully saturated rings. The second-order valence-electron chi connectivity index (χ2n) is 5.49. The minimum Gasteiger partial charge on any atom is -0.350 e. The van der Waals surface area contributed by atoms with E-state index in [0.29, 0.717) is 24.9 Å². The van der Waals surface area contributed by atoms with Gasteiger partial charge in [0.1, 0.15) is 11.9 Å². The van der Waals surface area contributed by atoms with Crippen molar-refractivity contribution in [3.8, 4) is 0 Å². The Labute approximate surface area is 133 Å². The smallest absolute Gasteiger partial charge is 0.243 e. The molecule has 1 aliphatic rings. The highest BCUT2D eigenvalue weighted by atomic mass is 35.5. The van der Waals surface area contributed by atoms with E-state index in [0.717, 1.165) is 5.57 Å². The summed E-state index contributed by atoms with van der Waals surface area (Å²) in [5, 5.41) is 3.02. The molecule has 22 heavy (non-hydrogen) atoms. The second-order valence-corrected chi connectivity index (χ2v) is 5.89. The van der Waals surface area contributed by atoms with Crippen molar-refractivity contribution in [3.05, 3.63) is 46.8 Å². The molecular formula is C16H18ClFN2O2. The zero-order valence-electron chi connectivity index (χ0n) is 12.4. The van der Waals surface area contributed by atoms with Crippen LogP contribution in [0.4, 0.5) is 4.39 Å². The Morgan fingerprint density at radius 1 is 1.55 bits per heavy atom. The lowest BCUT2D eigenvalue weighted by atomic mass is 10.1. The first-order chi connectivity index (χ1) is 10.4. The van der Waals surface area contributed by atoms with Crippen molar-refractivity contribution in [2.24, 2.45) is 0 Å². The highest BCUT2D eigenvalue weighted by Crippen LogP contribution is 2.21. The predicted molar refractivity (Wildman–Crippen MR) is 82.8 cm³/mol. The molecule has 0 radical (unpaired) electrons. The maximum atomic E-state index is 13.0. The molecule has 6 heteroatoms. The molecule has 2 amide bonds. The predicted octanol–water partition coefficient (Wildman–Crippen LogP) is 2.66. The quantitative estimate of drug-likeness (QED) is 0.847. The summed E-state index contributed by atoms with van der Waals surface area (Å²) < 4.78 is 13.0. The van der Waals surface area contributed by atoms with E-state index in [2.05, 4.69) is 11.9 Å². The van der Waals surface area contributed by atoms with Gasteiger partial charge in [-0.2, -0.15) is 0 Å². The molecule has 1 N–H and O–H groups in total. The number of nitrogens with zero attached hydrogens (tertiary/aromatic N) is 1. The summed E-state index contributed by atoms with van der Waals surface area (Å²) in [6.45, 7) is 6.18. The molecule has 4 nitrogen and oxygen atoms in total. The lowest BCUT2D eigenvalue weighted by Gasteiger charge is -2.24. The van der Waals surface area contributed by atoms with Crippen molar-refractivity contribution in [1.82, 2.24) is 10.2 Å². The van der Waals surface area contributed by atoms with E-state index in [1.807, 2.05) is 6.92 Å². The molecule has 1 heterocycles. The third-order valence-electron chi connectivity index (χ3n) is 3.54. The highest BCUT2D eigenvalue weighted by Gasteiger charge is 2.35. The topological polar surface area (TPSA) is 49.4 Å². The number of nitrogens with one attached hydrogen (secondary N) is 1. The van der Waals surface area contributed by atoms with Gasteiger partial charge in [0.25, 0.3) is 0 Å². The van der Waals surface area contributed by atoms with Crippen molar-refractivity contribution < 1.29 is 14.0 Å². The third kappa shape index (κ3) is 3.85. The fraction of sp³-hybridized carbons (Fsp3) is 0.375. The first-order valence-electron chi connectivity index (χ1n) is 7.04. The minimum atomic E-state index is -0.483. The molecule has 1 aromatic carbocycles. The number of hydrogen-bond donors (Lipinski definition) is 1. The van der Waals surface area contributed by atoms with Crippen LogP contribution in [0.3, 0.4) is 0 Å². The molecule has 1 aromatic rings. The monoisotopic (exact) mass is 324 g/mol. The molecule has 1 atom stereocenters. The zero-order valence-corrected chi connectivity index (χ0v) is 13.1. The van der Waals surface area contributed by atoms with Crippen molar-refractivity contribution in [1.29, 1.82) is 0 Å². The second kappa shape index (κ2) is 6.92. The maximum Gasteiger partial charge on any atom is 0.243 e. The molecule has 0 saturated carbocycles. The first kappa shape index (κ1) is 16.5. The van der Waals surface area contributed by atoms with Crippen molar-refractivity contribution in [3.63, 3.8) is 0 Å². The summed E-state index contributed by atoms with van der Waals surface area (Å²) in [5.41, 5.74) is 1.46. The lowest BCUT2D eigenvalue weighted by molar-refractivity contribution is -0.134. The van der Waals surface area contributed by atoms with Crippen LogP contribution in [-0.2, 0) is 16.1 Å². The van der Waals surface area contributed by atoms with Gasteiger partial charge in [0.05, 0.1) is 0 Å². The van der Waals surface area contributed by atoms with E-state index < -0.39 is 11.9 Å². The van der Waals surface area contributed by atoms with Gasteiger partial charge < -0.3 is 10.2 Å². The number of halogens is 2. The molecule has 118 valence electrons. The number of hydrogen-bond acceptors (Lipinski definition) is 2. The number of likely N-dealkylation sites (tertiary alicyclic amines) is 1. The zero-order chi connectivity index (χ0) is 16.3. The summed E-state index contributed by atoms with van der Waals surface area (Å²) in [7, 11) is 0. The molecule has 0 bridgehead atoms. The average Bonchev–Trinajstić information content (AvgIpc) is 2.78. The average molecular weight is 325 g/mol. The number of rotatable bonds is 5. The van der Waals surface area contributed by atoms with Crippen LogP contribution in [0.25, 0.3) is 0 Å². The van der Waals surface area contributed by atoms with E-state index in [1.165, 1.54) is 18.2 Å². The fourth-order valence-electron chi connectivity index (χ4n) is 2.46. The molecule has 0 aliphatic carbocycles. The molecule has 1 unspecified atom stereocenters. The fourth-order valence-corrected chi connectivity index (χ4v) is 2.69. The van der Waals surface area contributed by atoms with Crippen LogP contribution in [0, 0.1) is 5.82 Å². The van der Waals surface area contributed by atoms with Gasteiger partial charge in [-0.1, -0.05) is 29.8 Å². The van der Waals surface area contributed by atoms with Gasteiger partial charge in [-0.15, -0.1) is 0 Å². The summed E-state index contributed by atoms with van der Waals surface area (Å²) in [4.78, 5) is 25.7. The van der Waals surface area contributed by atoms with Crippen LogP contribution in [0.2, 0.25) is 5.02 Å². The van der Waals surface area contributed by atoms with Gasteiger partial charge in [0.15, 0.2) is 0 Å². The maximum absolute atomic E-state index is 13.0. The van der Waals surface area contributed by atoms with Gasteiger partial charge in [0, 0.05) is 24.5 Å². The highest BCUT2D eigenvalue weighted by molar-refractivity contribution is 6.31. The Morgan fingerprint density at radius 3 is 2.91 bits per heavy atom. The van der Waals surface area contributed by atoms with Crippen LogP contribution in [-0.4, -0.2) is 29.3 Å². The number of amides is 2. The lowest BCUT2D eigenvalue weighted by Crippen LogP contribution is -2.45. The molecular weight excluding hydrogens is 307 g/mol. The van der Waals surface area contributed by atoms with Crippen molar-refractivity contribution in [2.75, 3.05) is 6.54 Å². The van der Waals surface area contributed by atoms with Crippen LogP contribution in [0.1, 0.15) is 25.3 Å². The molecule has 1 saturated heterocycles. The van der Waals surface area contributed by atoms with Crippen molar-refractivity contribution in [2.45, 2.75) is 32.4 Å². The summed E-state index contributed by atoms with van der Waals surface area (Å²) in [6, 6.07) is 3.54. The number of carbonyl (C=O) groups excluding carboxylic acids is 2. The molecule has 0 spiro atoms. The Hall–Kier alpha value is -1.88. The van der Waals surface area contributed by atoms with Crippen molar-refractivity contribution >= 4 is 23.4 Å². The third-order valence-corrected chi connectivity index (χ3v) is 3.89. The molecule has 1 aliphatic heterocycles. The van der Waals surface area contributed by atoms with E-state index in [4.69, 9.17) is 11.6 Å². The van der Waals surface area contributed by atoms with Gasteiger partial charge in [-0.05, 0) is 31.0 Å². The van der Waals surface area contributed by atoms with E-state index in [1.54, 1.807) is 4.90 Å². The normalized spacial score (nSPS) is 17.7.